The van der Waals surface area contributed by atoms with Gasteiger partial charge in [-0.15, -0.1) is 0 Å². The van der Waals surface area contributed by atoms with Crippen molar-refractivity contribution in [3.05, 3.63) is 40.2 Å². The summed E-state index contributed by atoms with van der Waals surface area (Å²) < 4.78 is 0. The molecule has 0 aliphatic carbocycles. The second-order valence-electron chi connectivity index (χ2n) is 5.42. The Bertz CT molecular complexity index is 668. The summed E-state index contributed by atoms with van der Waals surface area (Å²) in [5.74, 6) is 0.0117. The van der Waals surface area contributed by atoms with Gasteiger partial charge < -0.3 is 10.2 Å². The number of carbonyl (C=O) groups is 1. The average Bonchev–Trinajstić information content (AvgIpc) is 2.89. The summed E-state index contributed by atoms with van der Waals surface area (Å²) in [4.78, 5) is 23.9. The zero-order chi connectivity index (χ0) is 16.3. The van der Waals surface area contributed by atoms with Gasteiger partial charge in [-0.05, 0) is 32.4 Å². The summed E-state index contributed by atoms with van der Waals surface area (Å²) in [6.07, 6.45) is 2.54. The Kier molecular flexibility index (Phi) is 5.13. The van der Waals surface area contributed by atoms with Crippen molar-refractivity contribution in [3.8, 4) is 0 Å². The summed E-state index contributed by atoms with van der Waals surface area (Å²) in [5.41, 5.74) is 2.96. The fourth-order valence-corrected chi connectivity index (χ4v) is 3.11. The number of nitrogens with one attached hydrogen (secondary N) is 1. The van der Waals surface area contributed by atoms with E-state index in [1.165, 1.54) is 11.3 Å². The first-order valence-electron chi connectivity index (χ1n) is 7.26. The maximum Gasteiger partial charge on any atom is 0.265 e. The topological polar surface area (TPSA) is 58.1 Å². The van der Waals surface area contributed by atoms with E-state index < -0.39 is 0 Å². The minimum absolute atomic E-state index is 0.0117. The molecular weight excluding hydrogens is 296 g/mol. The average molecular weight is 318 g/mol. The molecule has 0 radical (unpaired) electrons. The first-order valence-corrected chi connectivity index (χ1v) is 8.08. The van der Waals surface area contributed by atoms with Gasteiger partial charge in [0.2, 0.25) is 0 Å². The highest BCUT2D eigenvalue weighted by molar-refractivity contribution is 7.17. The van der Waals surface area contributed by atoms with E-state index in [9.17, 15) is 4.79 Å². The van der Waals surface area contributed by atoms with E-state index in [4.69, 9.17) is 0 Å². The van der Waals surface area contributed by atoms with Crippen molar-refractivity contribution in [2.24, 2.45) is 0 Å². The molecule has 2 heterocycles. The highest BCUT2D eigenvalue weighted by Crippen LogP contribution is 2.24. The predicted molar refractivity (Wildman–Crippen MR) is 90.6 cm³/mol. The molecule has 0 aliphatic rings. The monoisotopic (exact) mass is 318 g/mol. The second kappa shape index (κ2) is 6.87. The molecule has 0 saturated heterocycles. The Hall–Kier alpha value is -1.95. The van der Waals surface area contributed by atoms with E-state index in [0.717, 1.165) is 28.5 Å². The van der Waals surface area contributed by atoms with Crippen LogP contribution in [0.2, 0.25) is 0 Å². The fraction of sp³-hybridized carbons (Fsp3) is 0.438. The van der Waals surface area contributed by atoms with E-state index in [2.05, 4.69) is 15.3 Å². The maximum absolute atomic E-state index is 12.7. The van der Waals surface area contributed by atoms with Gasteiger partial charge in [0.1, 0.15) is 4.88 Å². The number of hydrogen-bond donors (Lipinski definition) is 1. The van der Waals surface area contributed by atoms with E-state index >= 15 is 0 Å². The summed E-state index contributed by atoms with van der Waals surface area (Å²) in [6.45, 7) is 5.96. The Morgan fingerprint density at radius 2 is 2.18 bits per heavy atom. The molecule has 0 fully saturated rings. The number of anilines is 1. The van der Waals surface area contributed by atoms with Gasteiger partial charge in [0.05, 0.1) is 5.69 Å². The number of hydrogen-bond acceptors (Lipinski definition) is 5. The van der Waals surface area contributed by atoms with Gasteiger partial charge in [-0.3, -0.25) is 9.78 Å². The molecular formula is C16H22N4OS. The molecule has 0 saturated carbocycles. The third-order valence-electron chi connectivity index (χ3n) is 3.79. The van der Waals surface area contributed by atoms with Crippen LogP contribution in [0, 0.1) is 13.8 Å². The van der Waals surface area contributed by atoms with Crippen molar-refractivity contribution < 1.29 is 4.79 Å². The third-order valence-corrected chi connectivity index (χ3v) is 4.96. The minimum Gasteiger partial charge on any atom is -0.365 e. The molecule has 1 amide bonds. The molecule has 1 unspecified atom stereocenters. The van der Waals surface area contributed by atoms with Crippen LogP contribution < -0.4 is 5.32 Å². The van der Waals surface area contributed by atoms with Gasteiger partial charge in [0.15, 0.2) is 5.13 Å². The highest BCUT2D eigenvalue weighted by atomic mass is 32.1. The van der Waals surface area contributed by atoms with E-state index in [0.29, 0.717) is 4.88 Å². The summed E-state index contributed by atoms with van der Waals surface area (Å²) >= 11 is 1.39. The summed E-state index contributed by atoms with van der Waals surface area (Å²) in [5, 5.41) is 3.75. The highest BCUT2D eigenvalue weighted by Gasteiger charge is 2.23. The molecule has 1 atom stereocenters. The lowest BCUT2D eigenvalue weighted by Gasteiger charge is -2.24. The van der Waals surface area contributed by atoms with Gasteiger partial charge in [-0.1, -0.05) is 17.4 Å². The zero-order valence-electron chi connectivity index (χ0n) is 13.7. The first kappa shape index (κ1) is 16.4. The number of likely N-dealkylation sites (N-methyl/N-ethyl adjacent to an activating group) is 1. The van der Waals surface area contributed by atoms with Crippen molar-refractivity contribution in [3.63, 3.8) is 0 Å². The quantitative estimate of drug-likeness (QED) is 0.921. The van der Waals surface area contributed by atoms with Gasteiger partial charge >= 0.3 is 0 Å². The zero-order valence-corrected chi connectivity index (χ0v) is 14.5. The molecule has 0 spiro atoms. The molecule has 2 aromatic rings. The SMILES string of the molecule is CNc1nc(C)c(C(=O)N(C)C(C)Cc2ncccc2C)s1. The maximum atomic E-state index is 12.7. The van der Waals surface area contributed by atoms with E-state index in [-0.39, 0.29) is 11.9 Å². The van der Waals surface area contributed by atoms with Crippen LogP contribution >= 0.6 is 11.3 Å². The molecule has 2 rings (SSSR count). The molecule has 1 N–H and O–H groups in total. The van der Waals surface area contributed by atoms with Gasteiger partial charge in [-0.25, -0.2) is 4.98 Å². The number of aromatic nitrogens is 2. The predicted octanol–water partition coefficient (Wildman–Crippen LogP) is 2.90. The third kappa shape index (κ3) is 3.44. The molecule has 5 nitrogen and oxygen atoms in total. The second-order valence-corrected chi connectivity index (χ2v) is 6.42. The van der Waals surface area contributed by atoms with Crippen molar-refractivity contribution in [2.75, 3.05) is 19.4 Å². The van der Waals surface area contributed by atoms with Crippen molar-refractivity contribution in [2.45, 2.75) is 33.2 Å². The van der Waals surface area contributed by atoms with Crippen LogP contribution in [-0.2, 0) is 6.42 Å². The van der Waals surface area contributed by atoms with E-state index in [1.54, 1.807) is 11.1 Å². The van der Waals surface area contributed by atoms with Crippen LogP contribution in [0.5, 0.6) is 0 Å². The van der Waals surface area contributed by atoms with Crippen LogP contribution in [0.25, 0.3) is 0 Å². The normalized spacial score (nSPS) is 12.0. The van der Waals surface area contributed by atoms with Gasteiger partial charge in [0, 0.05) is 38.4 Å². The molecule has 118 valence electrons. The lowest BCUT2D eigenvalue weighted by molar-refractivity contribution is 0.0746. The Balaban J connectivity index is 2.12. The first-order chi connectivity index (χ1) is 10.4. The lowest BCUT2D eigenvalue weighted by atomic mass is 10.1. The lowest BCUT2D eigenvalue weighted by Crippen LogP contribution is -2.36. The van der Waals surface area contributed by atoms with Crippen molar-refractivity contribution in [1.29, 1.82) is 0 Å². The molecule has 0 aliphatic heterocycles. The largest absolute Gasteiger partial charge is 0.365 e. The minimum atomic E-state index is 0.0117. The van der Waals surface area contributed by atoms with Crippen LogP contribution in [0.3, 0.4) is 0 Å². The molecule has 22 heavy (non-hydrogen) atoms. The molecule has 2 aromatic heterocycles. The summed E-state index contributed by atoms with van der Waals surface area (Å²) in [7, 11) is 3.65. The number of rotatable bonds is 5. The van der Waals surface area contributed by atoms with Crippen LogP contribution in [-0.4, -0.2) is 40.9 Å². The molecule has 0 bridgehead atoms. The Morgan fingerprint density at radius 3 is 2.77 bits per heavy atom. The number of aryl methyl sites for hydroxylation is 2. The number of thiazole rings is 1. The van der Waals surface area contributed by atoms with Gasteiger partial charge in [-0.2, -0.15) is 0 Å². The molecule has 0 aromatic carbocycles. The molecule has 6 heteroatoms. The standard InChI is InChI=1S/C16H22N4OS/c1-10-7-6-8-18-13(10)9-11(2)20(5)15(21)14-12(3)19-16(17-4)22-14/h6-8,11H,9H2,1-5H3,(H,17,19). The Morgan fingerprint density at radius 1 is 1.45 bits per heavy atom. The number of pyridine rings is 1. The number of nitrogens with zero attached hydrogens (tertiary/aromatic N) is 3. The van der Waals surface area contributed by atoms with Gasteiger partial charge in [0.25, 0.3) is 5.91 Å². The summed E-state index contributed by atoms with van der Waals surface area (Å²) in [6, 6.07) is 4.04. The number of carbonyl (C=O) groups excluding carboxylic acids is 1. The Labute approximate surface area is 135 Å². The smallest absolute Gasteiger partial charge is 0.265 e. The van der Waals surface area contributed by atoms with Crippen LogP contribution in [0.15, 0.2) is 18.3 Å². The van der Waals surface area contributed by atoms with Crippen molar-refractivity contribution in [1.82, 2.24) is 14.9 Å². The van der Waals surface area contributed by atoms with E-state index in [1.807, 2.05) is 47.0 Å². The van der Waals surface area contributed by atoms with Crippen molar-refractivity contribution >= 4 is 22.4 Å². The number of amides is 1. The van der Waals surface area contributed by atoms with Crippen LogP contribution in [0.4, 0.5) is 5.13 Å². The fourth-order valence-electron chi connectivity index (χ4n) is 2.21. The van der Waals surface area contributed by atoms with Crippen LogP contribution in [0.1, 0.15) is 33.5 Å².